The van der Waals surface area contributed by atoms with Gasteiger partial charge in [-0.25, -0.2) is 9.18 Å². The van der Waals surface area contributed by atoms with Crippen molar-refractivity contribution in [3.05, 3.63) is 35.6 Å². The molecule has 3 nitrogen and oxygen atoms in total. The van der Waals surface area contributed by atoms with Gasteiger partial charge in [-0.3, -0.25) is 0 Å². The van der Waals surface area contributed by atoms with Gasteiger partial charge in [-0.05, 0) is 24.1 Å². The number of aliphatic carboxylic acids is 1. The first-order chi connectivity index (χ1) is 6.68. The van der Waals surface area contributed by atoms with E-state index in [1.807, 2.05) is 0 Å². The van der Waals surface area contributed by atoms with Crippen LogP contribution in [0.25, 0.3) is 0 Å². The van der Waals surface area contributed by atoms with Gasteiger partial charge < -0.3 is 9.84 Å². The number of hydrogen-bond donors (Lipinski definition) is 1. The molecule has 0 bridgehead atoms. The highest BCUT2D eigenvalue weighted by Gasteiger charge is 1.97. The molecule has 14 heavy (non-hydrogen) atoms. The quantitative estimate of drug-likeness (QED) is 0.729. The van der Waals surface area contributed by atoms with E-state index in [4.69, 9.17) is 9.84 Å². The summed E-state index contributed by atoms with van der Waals surface area (Å²) >= 11 is 0. The van der Waals surface area contributed by atoms with Crippen molar-refractivity contribution in [3.8, 4) is 0 Å². The number of hydrogen-bond acceptors (Lipinski definition) is 2. The molecule has 0 spiro atoms. The molecule has 0 radical (unpaired) electrons. The van der Waals surface area contributed by atoms with Crippen LogP contribution in [0.4, 0.5) is 4.39 Å². The van der Waals surface area contributed by atoms with Gasteiger partial charge in [0.05, 0.1) is 6.61 Å². The van der Waals surface area contributed by atoms with Gasteiger partial charge in [-0.15, -0.1) is 0 Å². The number of ether oxygens (including phenoxy) is 1. The topological polar surface area (TPSA) is 46.5 Å². The van der Waals surface area contributed by atoms with Crippen LogP contribution < -0.4 is 0 Å². The lowest BCUT2D eigenvalue weighted by atomic mass is 10.2. The summed E-state index contributed by atoms with van der Waals surface area (Å²) in [5.41, 5.74) is 0.928. The minimum absolute atomic E-state index is 0.278. The van der Waals surface area contributed by atoms with Crippen LogP contribution in [-0.2, 0) is 16.0 Å². The minimum Gasteiger partial charge on any atom is -0.480 e. The standard InChI is InChI=1S/C10H11FO3/c11-9-3-1-8(2-4-9)5-6-14-7-10(12)13/h1-4H,5-7H2,(H,12,13). The molecule has 0 aliphatic carbocycles. The average molecular weight is 198 g/mol. The first-order valence-electron chi connectivity index (χ1n) is 4.22. The Kier molecular flexibility index (Phi) is 4.07. The van der Waals surface area contributed by atoms with Crippen molar-refractivity contribution in [2.24, 2.45) is 0 Å². The molecular weight excluding hydrogens is 187 g/mol. The lowest BCUT2D eigenvalue weighted by molar-refractivity contribution is -0.142. The third-order valence-electron chi connectivity index (χ3n) is 1.67. The van der Waals surface area contributed by atoms with Crippen LogP contribution in [0.5, 0.6) is 0 Å². The molecule has 0 aromatic heterocycles. The molecule has 0 heterocycles. The molecule has 1 N–H and O–H groups in total. The summed E-state index contributed by atoms with van der Waals surface area (Å²) in [6, 6.07) is 6.04. The fourth-order valence-corrected chi connectivity index (χ4v) is 1.00. The summed E-state index contributed by atoms with van der Waals surface area (Å²) in [5.74, 6) is -1.26. The van der Waals surface area contributed by atoms with E-state index in [1.54, 1.807) is 12.1 Å². The van der Waals surface area contributed by atoms with Gasteiger partial charge in [0.15, 0.2) is 0 Å². The van der Waals surface area contributed by atoms with Crippen molar-refractivity contribution in [2.45, 2.75) is 6.42 Å². The Morgan fingerprint density at radius 3 is 2.57 bits per heavy atom. The molecule has 0 amide bonds. The molecule has 0 unspecified atom stereocenters. The maximum absolute atomic E-state index is 12.5. The Morgan fingerprint density at radius 2 is 2.00 bits per heavy atom. The smallest absolute Gasteiger partial charge is 0.329 e. The van der Waals surface area contributed by atoms with E-state index in [9.17, 15) is 9.18 Å². The minimum atomic E-state index is -0.982. The Morgan fingerprint density at radius 1 is 1.36 bits per heavy atom. The number of benzene rings is 1. The van der Waals surface area contributed by atoms with Crippen molar-refractivity contribution in [1.29, 1.82) is 0 Å². The van der Waals surface area contributed by atoms with E-state index in [1.165, 1.54) is 12.1 Å². The molecule has 0 aliphatic heterocycles. The van der Waals surface area contributed by atoms with Gasteiger partial charge in [0.2, 0.25) is 0 Å². The zero-order valence-corrected chi connectivity index (χ0v) is 7.57. The fourth-order valence-electron chi connectivity index (χ4n) is 1.00. The van der Waals surface area contributed by atoms with Crippen molar-refractivity contribution in [2.75, 3.05) is 13.2 Å². The van der Waals surface area contributed by atoms with E-state index >= 15 is 0 Å². The highest BCUT2D eigenvalue weighted by molar-refractivity contribution is 5.67. The van der Waals surface area contributed by atoms with Gasteiger partial charge in [0.1, 0.15) is 12.4 Å². The van der Waals surface area contributed by atoms with E-state index in [-0.39, 0.29) is 12.4 Å². The van der Waals surface area contributed by atoms with Crippen LogP contribution in [0.1, 0.15) is 5.56 Å². The normalized spacial score (nSPS) is 10.1. The molecule has 0 saturated carbocycles. The van der Waals surface area contributed by atoms with Crippen LogP contribution in [0, 0.1) is 5.82 Å². The second kappa shape index (κ2) is 5.34. The molecule has 0 atom stereocenters. The Balaban J connectivity index is 2.25. The number of rotatable bonds is 5. The highest BCUT2D eigenvalue weighted by Crippen LogP contribution is 2.03. The van der Waals surface area contributed by atoms with Crippen LogP contribution in [-0.4, -0.2) is 24.3 Å². The molecule has 1 rings (SSSR count). The number of carbonyl (C=O) groups is 1. The Bertz CT molecular complexity index is 295. The summed E-state index contributed by atoms with van der Waals surface area (Å²) in [4.78, 5) is 10.1. The Labute approximate surface area is 81.1 Å². The largest absolute Gasteiger partial charge is 0.480 e. The lowest BCUT2D eigenvalue weighted by Gasteiger charge is -2.01. The van der Waals surface area contributed by atoms with E-state index in [2.05, 4.69) is 0 Å². The van der Waals surface area contributed by atoms with Crippen molar-refractivity contribution in [3.63, 3.8) is 0 Å². The van der Waals surface area contributed by atoms with Gasteiger partial charge in [-0.2, -0.15) is 0 Å². The van der Waals surface area contributed by atoms with Crippen LogP contribution >= 0.6 is 0 Å². The first kappa shape index (κ1) is 10.7. The summed E-state index contributed by atoms with van der Waals surface area (Å²) in [6.45, 7) is 0.0408. The van der Waals surface area contributed by atoms with Crippen LogP contribution in [0.15, 0.2) is 24.3 Å². The van der Waals surface area contributed by atoms with E-state index < -0.39 is 5.97 Å². The fraction of sp³-hybridized carbons (Fsp3) is 0.300. The van der Waals surface area contributed by atoms with Crippen LogP contribution in [0.3, 0.4) is 0 Å². The molecule has 1 aromatic carbocycles. The summed E-state index contributed by atoms with van der Waals surface area (Å²) in [6.07, 6.45) is 0.591. The first-order valence-corrected chi connectivity index (χ1v) is 4.22. The second-order valence-electron chi connectivity index (χ2n) is 2.82. The molecule has 0 fully saturated rings. The second-order valence-corrected chi connectivity index (χ2v) is 2.82. The van der Waals surface area contributed by atoms with E-state index in [0.717, 1.165) is 5.56 Å². The van der Waals surface area contributed by atoms with Gasteiger partial charge in [0.25, 0.3) is 0 Å². The number of carboxylic acid groups (broad SMARTS) is 1. The zero-order valence-electron chi connectivity index (χ0n) is 7.57. The maximum atomic E-state index is 12.5. The zero-order chi connectivity index (χ0) is 10.4. The third kappa shape index (κ3) is 4.00. The molecule has 1 aromatic rings. The molecule has 4 heteroatoms. The molecule has 0 aliphatic rings. The number of halogens is 1. The SMILES string of the molecule is O=C(O)COCCc1ccc(F)cc1. The molecule has 76 valence electrons. The summed E-state index contributed by atoms with van der Waals surface area (Å²) in [5, 5.41) is 8.27. The van der Waals surface area contributed by atoms with E-state index in [0.29, 0.717) is 13.0 Å². The maximum Gasteiger partial charge on any atom is 0.329 e. The molecular formula is C10H11FO3. The summed E-state index contributed by atoms with van der Waals surface area (Å²) in [7, 11) is 0. The Hall–Kier alpha value is -1.42. The van der Waals surface area contributed by atoms with Gasteiger partial charge in [-0.1, -0.05) is 12.1 Å². The monoisotopic (exact) mass is 198 g/mol. The third-order valence-corrected chi connectivity index (χ3v) is 1.67. The molecule has 0 saturated heterocycles. The van der Waals surface area contributed by atoms with Crippen molar-refractivity contribution < 1.29 is 19.0 Å². The van der Waals surface area contributed by atoms with Crippen LogP contribution in [0.2, 0.25) is 0 Å². The number of carboxylic acids is 1. The summed E-state index contributed by atoms with van der Waals surface area (Å²) < 4.78 is 17.3. The predicted octanol–water partition coefficient (Wildman–Crippen LogP) is 1.47. The van der Waals surface area contributed by atoms with Gasteiger partial charge >= 0.3 is 5.97 Å². The average Bonchev–Trinajstić information content (AvgIpc) is 2.15. The van der Waals surface area contributed by atoms with Crippen molar-refractivity contribution in [1.82, 2.24) is 0 Å². The van der Waals surface area contributed by atoms with Gasteiger partial charge in [0, 0.05) is 0 Å². The van der Waals surface area contributed by atoms with Crippen molar-refractivity contribution >= 4 is 5.97 Å². The lowest BCUT2D eigenvalue weighted by Crippen LogP contribution is -2.08. The predicted molar refractivity (Wildman–Crippen MR) is 48.6 cm³/mol. The highest BCUT2D eigenvalue weighted by atomic mass is 19.1.